The third kappa shape index (κ3) is 3.44. The predicted octanol–water partition coefficient (Wildman–Crippen LogP) is 1.97. The van der Waals surface area contributed by atoms with Gasteiger partial charge in [-0.1, -0.05) is 42.5 Å². The second-order valence-corrected chi connectivity index (χ2v) is 4.70. The van der Waals surface area contributed by atoms with Crippen LogP contribution in [0.25, 0.3) is 0 Å². The molecule has 100 valence electrons. The molecule has 0 heterocycles. The fourth-order valence-electron chi connectivity index (χ4n) is 2.29. The summed E-state index contributed by atoms with van der Waals surface area (Å²) >= 11 is 0. The summed E-state index contributed by atoms with van der Waals surface area (Å²) in [6, 6.07) is 9.58. The number of carbonyl (C=O) groups is 2. The maximum atomic E-state index is 12.1. The van der Waals surface area contributed by atoms with E-state index in [0.717, 1.165) is 5.56 Å². The molecule has 0 bridgehead atoms. The van der Waals surface area contributed by atoms with Gasteiger partial charge in [-0.15, -0.1) is 0 Å². The number of amides is 1. The SMILES string of the molecule is O=C(O)[C@H]1CC=CC[C@H]1C(=O)NCc1ccccc1. The van der Waals surface area contributed by atoms with Crippen molar-refractivity contribution in [3.05, 3.63) is 48.0 Å². The van der Waals surface area contributed by atoms with Gasteiger partial charge in [-0.05, 0) is 18.4 Å². The Hall–Kier alpha value is -2.10. The van der Waals surface area contributed by atoms with Crippen molar-refractivity contribution < 1.29 is 14.7 Å². The highest BCUT2D eigenvalue weighted by Crippen LogP contribution is 2.26. The molecule has 0 saturated heterocycles. The number of hydrogen-bond donors (Lipinski definition) is 2. The molecule has 2 rings (SSSR count). The summed E-state index contributed by atoms with van der Waals surface area (Å²) in [5.74, 6) is -2.16. The number of hydrogen-bond acceptors (Lipinski definition) is 2. The van der Waals surface area contributed by atoms with Crippen molar-refractivity contribution in [3.63, 3.8) is 0 Å². The van der Waals surface area contributed by atoms with Gasteiger partial charge in [-0.3, -0.25) is 9.59 Å². The molecule has 0 aliphatic heterocycles. The zero-order valence-corrected chi connectivity index (χ0v) is 10.6. The van der Waals surface area contributed by atoms with Gasteiger partial charge in [0.15, 0.2) is 0 Å². The molecule has 4 heteroatoms. The summed E-state index contributed by atoms with van der Waals surface area (Å²) in [5, 5.41) is 11.9. The summed E-state index contributed by atoms with van der Waals surface area (Å²) in [5.41, 5.74) is 1.01. The average molecular weight is 259 g/mol. The molecule has 1 aromatic rings. The van der Waals surface area contributed by atoms with Crippen LogP contribution in [-0.2, 0) is 16.1 Å². The van der Waals surface area contributed by atoms with Crippen LogP contribution in [0.3, 0.4) is 0 Å². The molecule has 0 saturated carbocycles. The summed E-state index contributed by atoms with van der Waals surface area (Å²) < 4.78 is 0. The van der Waals surface area contributed by atoms with E-state index in [4.69, 9.17) is 5.11 Å². The van der Waals surface area contributed by atoms with E-state index in [0.29, 0.717) is 19.4 Å². The van der Waals surface area contributed by atoms with Gasteiger partial charge in [0.1, 0.15) is 0 Å². The highest BCUT2D eigenvalue weighted by atomic mass is 16.4. The number of carboxylic acids is 1. The molecule has 1 aliphatic rings. The van der Waals surface area contributed by atoms with E-state index in [-0.39, 0.29) is 5.91 Å². The molecule has 0 aromatic heterocycles. The normalized spacial score (nSPS) is 21.9. The molecule has 19 heavy (non-hydrogen) atoms. The largest absolute Gasteiger partial charge is 0.481 e. The molecule has 1 amide bonds. The van der Waals surface area contributed by atoms with Crippen molar-refractivity contribution >= 4 is 11.9 Å². The number of allylic oxidation sites excluding steroid dienone is 2. The van der Waals surface area contributed by atoms with E-state index < -0.39 is 17.8 Å². The van der Waals surface area contributed by atoms with E-state index in [2.05, 4.69) is 5.32 Å². The van der Waals surface area contributed by atoms with Crippen molar-refractivity contribution in [1.29, 1.82) is 0 Å². The Morgan fingerprint density at radius 1 is 1.11 bits per heavy atom. The lowest BCUT2D eigenvalue weighted by molar-refractivity contribution is -0.147. The minimum atomic E-state index is -0.899. The average Bonchev–Trinajstić information content (AvgIpc) is 2.46. The van der Waals surface area contributed by atoms with E-state index in [9.17, 15) is 9.59 Å². The van der Waals surface area contributed by atoms with Crippen LogP contribution < -0.4 is 5.32 Å². The van der Waals surface area contributed by atoms with E-state index >= 15 is 0 Å². The minimum absolute atomic E-state index is 0.180. The zero-order valence-electron chi connectivity index (χ0n) is 10.6. The third-order valence-electron chi connectivity index (χ3n) is 3.40. The Bertz CT molecular complexity index is 481. The number of benzene rings is 1. The maximum absolute atomic E-state index is 12.1. The molecule has 0 spiro atoms. The Balaban J connectivity index is 1.95. The standard InChI is InChI=1S/C15H17NO3/c17-14(16-10-11-6-2-1-3-7-11)12-8-4-5-9-13(12)15(18)19/h1-7,12-13H,8-10H2,(H,16,17)(H,18,19)/t12-,13+/m1/s1. The first-order valence-corrected chi connectivity index (χ1v) is 6.38. The number of rotatable bonds is 4. The van der Waals surface area contributed by atoms with Crippen molar-refractivity contribution in [2.75, 3.05) is 0 Å². The lowest BCUT2D eigenvalue weighted by atomic mass is 9.82. The number of aliphatic carboxylic acids is 1. The van der Waals surface area contributed by atoms with Crippen LogP contribution in [0.15, 0.2) is 42.5 Å². The number of carbonyl (C=O) groups excluding carboxylic acids is 1. The van der Waals surface area contributed by atoms with Crippen LogP contribution in [-0.4, -0.2) is 17.0 Å². The van der Waals surface area contributed by atoms with Crippen LogP contribution in [0.5, 0.6) is 0 Å². The van der Waals surface area contributed by atoms with Crippen LogP contribution in [0.2, 0.25) is 0 Å². The molecule has 0 unspecified atom stereocenters. The smallest absolute Gasteiger partial charge is 0.307 e. The van der Waals surface area contributed by atoms with Crippen molar-refractivity contribution in [2.24, 2.45) is 11.8 Å². The molecule has 2 N–H and O–H groups in total. The van der Waals surface area contributed by atoms with Crippen molar-refractivity contribution in [2.45, 2.75) is 19.4 Å². The topological polar surface area (TPSA) is 66.4 Å². The van der Waals surface area contributed by atoms with E-state index in [1.54, 1.807) is 0 Å². The molecular weight excluding hydrogens is 242 g/mol. The molecule has 0 radical (unpaired) electrons. The van der Waals surface area contributed by atoms with E-state index in [1.165, 1.54) is 0 Å². The minimum Gasteiger partial charge on any atom is -0.481 e. The first-order chi connectivity index (χ1) is 9.18. The number of carboxylic acid groups (broad SMARTS) is 1. The fraction of sp³-hybridized carbons (Fsp3) is 0.333. The highest BCUT2D eigenvalue weighted by molar-refractivity contribution is 5.85. The van der Waals surface area contributed by atoms with Crippen molar-refractivity contribution in [3.8, 4) is 0 Å². The van der Waals surface area contributed by atoms with Crippen LogP contribution in [0, 0.1) is 11.8 Å². The Labute approximate surface area is 112 Å². The van der Waals surface area contributed by atoms with Crippen LogP contribution in [0.4, 0.5) is 0 Å². The molecule has 1 aromatic carbocycles. The lowest BCUT2D eigenvalue weighted by Crippen LogP contribution is -2.38. The van der Waals surface area contributed by atoms with Gasteiger partial charge < -0.3 is 10.4 Å². The van der Waals surface area contributed by atoms with Crippen molar-refractivity contribution in [1.82, 2.24) is 5.32 Å². The van der Waals surface area contributed by atoms with Crippen LogP contribution in [0.1, 0.15) is 18.4 Å². The summed E-state index contributed by atoms with van der Waals surface area (Å²) in [4.78, 5) is 23.2. The summed E-state index contributed by atoms with van der Waals surface area (Å²) in [7, 11) is 0. The molecule has 2 atom stereocenters. The summed E-state index contributed by atoms with van der Waals surface area (Å²) in [6.07, 6.45) is 4.64. The fourth-order valence-corrected chi connectivity index (χ4v) is 2.29. The highest BCUT2D eigenvalue weighted by Gasteiger charge is 2.33. The molecule has 1 aliphatic carbocycles. The van der Waals surface area contributed by atoms with Gasteiger partial charge in [0.25, 0.3) is 0 Å². The molecule has 4 nitrogen and oxygen atoms in total. The van der Waals surface area contributed by atoms with Gasteiger partial charge in [0, 0.05) is 6.54 Å². The Morgan fingerprint density at radius 3 is 2.37 bits per heavy atom. The quantitative estimate of drug-likeness (QED) is 0.812. The number of nitrogens with one attached hydrogen (secondary N) is 1. The van der Waals surface area contributed by atoms with Gasteiger partial charge >= 0.3 is 5.97 Å². The summed E-state index contributed by atoms with van der Waals surface area (Å²) in [6.45, 7) is 0.437. The monoisotopic (exact) mass is 259 g/mol. The maximum Gasteiger partial charge on any atom is 0.307 e. The first kappa shape index (κ1) is 13.3. The first-order valence-electron chi connectivity index (χ1n) is 6.38. The van der Waals surface area contributed by atoms with E-state index in [1.807, 2.05) is 42.5 Å². The van der Waals surface area contributed by atoms with Gasteiger partial charge in [-0.25, -0.2) is 0 Å². The Kier molecular flexibility index (Phi) is 4.34. The second kappa shape index (κ2) is 6.18. The van der Waals surface area contributed by atoms with Gasteiger partial charge in [-0.2, -0.15) is 0 Å². The Morgan fingerprint density at radius 2 is 1.74 bits per heavy atom. The lowest BCUT2D eigenvalue weighted by Gasteiger charge is -2.24. The molecule has 0 fully saturated rings. The third-order valence-corrected chi connectivity index (χ3v) is 3.40. The van der Waals surface area contributed by atoms with Gasteiger partial charge in [0.05, 0.1) is 11.8 Å². The van der Waals surface area contributed by atoms with Gasteiger partial charge in [0.2, 0.25) is 5.91 Å². The zero-order chi connectivity index (χ0) is 13.7. The molecular formula is C15H17NO3. The predicted molar refractivity (Wildman–Crippen MR) is 71.3 cm³/mol. The second-order valence-electron chi connectivity index (χ2n) is 4.70. The van der Waals surface area contributed by atoms with Crippen LogP contribution >= 0.6 is 0 Å².